The maximum absolute atomic E-state index is 13.4. The van der Waals surface area contributed by atoms with E-state index in [0.717, 1.165) is 50.0 Å². The van der Waals surface area contributed by atoms with E-state index < -0.39 is 0 Å². The quantitative estimate of drug-likeness (QED) is 0.348. The van der Waals surface area contributed by atoms with Gasteiger partial charge < -0.3 is 14.2 Å². The average molecular weight is 483 g/mol. The molecule has 1 saturated heterocycles. The molecule has 0 radical (unpaired) electrons. The summed E-state index contributed by atoms with van der Waals surface area (Å²) in [4.78, 5) is 22.0. The summed E-state index contributed by atoms with van der Waals surface area (Å²) in [6.07, 6.45) is 2.82. The van der Waals surface area contributed by atoms with Crippen LogP contribution in [-0.4, -0.2) is 51.4 Å². The smallest absolute Gasteiger partial charge is 0.270 e. The molecule has 4 aromatic rings. The van der Waals surface area contributed by atoms with Crippen LogP contribution in [0, 0.1) is 5.92 Å². The lowest BCUT2D eigenvalue weighted by molar-refractivity contribution is 0.0619. The molecule has 0 unspecified atom stereocenters. The van der Waals surface area contributed by atoms with Crippen molar-refractivity contribution in [3.8, 4) is 11.6 Å². The summed E-state index contributed by atoms with van der Waals surface area (Å²) in [5.74, 6) is 2.00. The summed E-state index contributed by atoms with van der Waals surface area (Å²) < 4.78 is 7.85. The first-order valence-corrected chi connectivity index (χ1v) is 12.7. The second-order valence-corrected chi connectivity index (χ2v) is 10.1. The Labute approximate surface area is 213 Å². The number of aromatic nitrogens is 2. The summed E-state index contributed by atoms with van der Waals surface area (Å²) in [5.41, 5.74) is 4.40. The van der Waals surface area contributed by atoms with Crippen LogP contribution in [0.4, 0.5) is 0 Å². The summed E-state index contributed by atoms with van der Waals surface area (Å²) >= 11 is 0. The van der Waals surface area contributed by atoms with Crippen LogP contribution in [0.15, 0.2) is 72.9 Å². The Morgan fingerprint density at radius 1 is 0.944 bits per heavy atom. The second kappa shape index (κ2) is 10.5. The van der Waals surface area contributed by atoms with Crippen molar-refractivity contribution in [2.75, 3.05) is 26.2 Å². The molecule has 0 N–H and O–H groups in total. The first kappa shape index (κ1) is 24.1. The van der Waals surface area contributed by atoms with Crippen LogP contribution in [0.3, 0.4) is 0 Å². The lowest BCUT2D eigenvalue weighted by atomic mass is 10.0. The van der Waals surface area contributed by atoms with Crippen LogP contribution in [-0.2, 0) is 20.0 Å². The number of ether oxygens (including phenoxy) is 1. The van der Waals surface area contributed by atoms with E-state index in [4.69, 9.17) is 4.74 Å². The fourth-order valence-electron chi connectivity index (χ4n) is 4.89. The van der Waals surface area contributed by atoms with Crippen LogP contribution >= 0.6 is 0 Å². The Bertz CT molecular complexity index is 1320. The van der Waals surface area contributed by atoms with Gasteiger partial charge in [-0.2, -0.15) is 0 Å². The fourth-order valence-corrected chi connectivity index (χ4v) is 4.89. The van der Waals surface area contributed by atoms with Crippen molar-refractivity contribution in [1.82, 2.24) is 19.4 Å². The van der Waals surface area contributed by atoms with Crippen molar-refractivity contribution >= 4 is 16.8 Å². The average Bonchev–Trinajstić information content (AvgIpc) is 3.21. The molecule has 3 heterocycles. The monoisotopic (exact) mass is 482 g/mol. The molecule has 2 aromatic heterocycles. The van der Waals surface area contributed by atoms with Gasteiger partial charge in [0.1, 0.15) is 11.4 Å². The van der Waals surface area contributed by atoms with Crippen molar-refractivity contribution in [2.24, 2.45) is 13.0 Å². The number of carbonyl (C=O) groups is 1. The van der Waals surface area contributed by atoms with E-state index in [-0.39, 0.29) is 5.91 Å². The highest BCUT2D eigenvalue weighted by atomic mass is 16.5. The van der Waals surface area contributed by atoms with E-state index in [2.05, 4.69) is 48.0 Å². The van der Waals surface area contributed by atoms with E-state index in [1.807, 2.05) is 59.0 Å². The van der Waals surface area contributed by atoms with E-state index >= 15 is 0 Å². The largest absolute Gasteiger partial charge is 0.439 e. The molecule has 0 aliphatic carbocycles. The molecular formula is C30H34N4O2. The normalized spacial score (nSPS) is 14.5. The third kappa shape index (κ3) is 5.44. The van der Waals surface area contributed by atoms with Gasteiger partial charge in [-0.15, -0.1) is 0 Å². The Balaban J connectivity index is 1.21. The van der Waals surface area contributed by atoms with Crippen molar-refractivity contribution in [2.45, 2.75) is 26.8 Å². The number of carbonyl (C=O) groups excluding carboxylic acids is 1. The number of fused-ring (bicyclic) bond motifs is 1. The van der Waals surface area contributed by atoms with Crippen molar-refractivity contribution in [1.29, 1.82) is 0 Å². The lowest BCUT2D eigenvalue weighted by Gasteiger charge is -2.34. The maximum atomic E-state index is 13.4. The van der Waals surface area contributed by atoms with Gasteiger partial charge in [0.15, 0.2) is 0 Å². The minimum atomic E-state index is 0.0820. The van der Waals surface area contributed by atoms with E-state index in [1.54, 1.807) is 6.20 Å². The summed E-state index contributed by atoms with van der Waals surface area (Å²) in [6.45, 7) is 8.66. The molecular weight excluding hydrogens is 448 g/mol. The number of nitrogens with zero attached hydrogens (tertiary/aromatic N) is 4. The molecule has 0 spiro atoms. The third-order valence-corrected chi connectivity index (χ3v) is 6.83. The summed E-state index contributed by atoms with van der Waals surface area (Å²) in [5, 5.41) is 1.02. The molecule has 0 bridgehead atoms. The Morgan fingerprint density at radius 3 is 2.39 bits per heavy atom. The number of piperazine rings is 1. The number of benzene rings is 2. The van der Waals surface area contributed by atoms with Gasteiger partial charge in [-0.1, -0.05) is 44.2 Å². The van der Waals surface area contributed by atoms with E-state index in [1.165, 1.54) is 11.1 Å². The number of hydrogen-bond acceptors (Lipinski definition) is 4. The standard InChI is InChI=1S/C30H34N4O2/c1-22(2)18-23-7-9-24(10-8-23)21-33-14-16-34(17-15-33)30(35)28-19-25-11-12-26(20-27(25)32(28)3)36-29-6-4-5-13-31-29/h4-13,19-20,22H,14-18,21H2,1-3H3. The van der Waals surface area contributed by atoms with E-state index in [9.17, 15) is 4.79 Å². The zero-order valence-corrected chi connectivity index (χ0v) is 21.4. The van der Waals surface area contributed by atoms with Gasteiger partial charge in [0.05, 0.1) is 5.52 Å². The van der Waals surface area contributed by atoms with Gasteiger partial charge in [-0.25, -0.2) is 4.98 Å². The molecule has 1 amide bonds. The topological polar surface area (TPSA) is 50.6 Å². The molecule has 186 valence electrons. The predicted molar refractivity (Wildman–Crippen MR) is 143 cm³/mol. The number of pyridine rings is 1. The Hall–Kier alpha value is -3.64. The number of rotatable bonds is 7. The zero-order valence-electron chi connectivity index (χ0n) is 21.4. The van der Waals surface area contributed by atoms with Gasteiger partial charge in [0.25, 0.3) is 5.91 Å². The van der Waals surface area contributed by atoms with Crippen molar-refractivity contribution in [3.05, 3.63) is 89.7 Å². The van der Waals surface area contributed by atoms with Crippen LogP contribution in [0.5, 0.6) is 11.6 Å². The van der Waals surface area contributed by atoms with Gasteiger partial charge >= 0.3 is 0 Å². The molecule has 5 rings (SSSR count). The Morgan fingerprint density at radius 2 is 1.69 bits per heavy atom. The first-order chi connectivity index (χ1) is 17.5. The molecule has 0 saturated carbocycles. The van der Waals surface area contributed by atoms with E-state index in [0.29, 0.717) is 23.2 Å². The van der Waals surface area contributed by atoms with Gasteiger partial charge in [0.2, 0.25) is 5.88 Å². The van der Waals surface area contributed by atoms with Crippen LogP contribution in [0.25, 0.3) is 10.9 Å². The van der Waals surface area contributed by atoms with Crippen LogP contribution in [0.2, 0.25) is 0 Å². The third-order valence-electron chi connectivity index (χ3n) is 6.83. The van der Waals surface area contributed by atoms with Crippen molar-refractivity contribution < 1.29 is 9.53 Å². The predicted octanol–water partition coefficient (Wildman–Crippen LogP) is 5.52. The van der Waals surface area contributed by atoms with Crippen LogP contribution in [0.1, 0.15) is 35.5 Å². The van der Waals surface area contributed by atoms with Crippen molar-refractivity contribution in [3.63, 3.8) is 0 Å². The van der Waals surface area contributed by atoms with Gasteiger partial charge in [-0.3, -0.25) is 9.69 Å². The highest BCUT2D eigenvalue weighted by Crippen LogP contribution is 2.27. The fraction of sp³-hybridized carbons (Fsp3) is 0.333. The minimum Gasteiger partial charge on any atom is -0.439 e. The number of hydrogen-bond donors (Lipinski definition) is 0. The molecule has 1 aliphatic heterocycles. The second-order valence-electron chi connectivity index (χ2n) is 10.1. The molecule has 6 nitrogen and oxygen atoms in total. The summed E-state index contributed by atoms with van der Waals surface area (Å²) in [7, 11) is 1.94. The van der Waals surface area contributed by atoms with Gasteiger partial charge in [0, 0.05) is 63.5 Å². The molecule has 36 heavy (non-hydrogen) atoms. The van der Waals surface area contributed by atoms with Gasteiger partial charge in [-0.05, 0) is 47.7 Å². The number of aryl methyl sites for hydroxylation is 1. The zero-order chi connectivity index (χ0) is 25.1. The Kier molecular flexibility index (Phi) is 7.05. The molecule has 2 aromatic carbocycles. The minimum absolute atomic E-state index is 0.0820. The highest BCUT2D eigenvalue weighted by molar-refractivity contribution is 5.99. The molecule has 1 fully saturated rings. The number of amides is 1. The first-order valence-electron chi connectivity index (χ1n) is 12.7. The molecule has 1 aliphatic rings. The summed E-state index contributed by atoms with van der Waals surface area (Å²) in [6, 6.07) is 22.4. The highest BCUT2D eigenvalue weighted by Gasteiger charge is 2.24. The SMILES string of the molecule is CC(C)Cc1ccc(CN2CCN(C(=O)c3cc4ccc(Oc5ccccn5)cc4n3C)CC2)cc1. The molecule has 6 heteroatoms. The van der Waals surface area contributed by atoms with Crippen LogP contribution < -0.4 is 4.74 Å². The maximum Gasteiger partial charge on any atom is 0.270 e. The molecule has 0 atom stereocenters. The lowest BCUT2D eigenvalue weighted by Crippen LogP contribution is -2.48.